The number of hydrogen-bond acceptors (Lipinski definition) is 5. The smallest absolute Gasteiger partial charge is 0.404 e. The molecule has 1 aliphatic carbocycles. The van der Waals surface area contributed by atoms with E-state index in [1.807, 2.05) is 0 Å². The van der Waals surface area contributed by atoms with Gasteiger partial charge in [-0.25, -0.2) is 0 Å². The highest BCUT2D eigenvalue weighted by atomic mass is 32.1. The van der Waals surface area contributed by atoms with E-state index in [0.717, 1.165) is 17.7 Å². The van der Waals surface area contributed by atoms with Crippen LogP contribution < -0.4 is 0 Å². The van der Waals surface area contributed by atoms with Crippen LogP contribution in [-0.2, 0) is 19.4 Å². The molecule has 1 atom stereocenters. The Balaban J connectivity index is 1.48. The van der Waals surface area contributed by atoms with E-state index in [-0.39, 0.29) is 18.9 Å². The molecule has 2 aliphatic rings. The lowest BCUT2D eigenvalue weighted by atomic mass is 9.99. The van der Waals surface area contributed by atoms with Crippen molar-refractivity contribution in [3.05, 3.63) is 22.4 Å². The van der Waals surface area contributed by atoms with Crippen molar-refractivity contribution in [2.75, 3.05) is 6.54 Å². The summed E-state index contributed by atoms with van der Waals surface area (Å²) in [7, 11) is 0. The molecule has 23 heavy (non-hydrogen) atoms. The van der Waals surface area contributed by atoms with Gasteiger partial charge in [0, 0.05) is 11.4 Å². The molecule has 2 aromatic rings. The molecule has 1 saturated heterocycles. The molecule has 1 aliphatic heterocycles. The zero-order valence-electron chi connectivity index (χ0n) is 12.4. The summed E-state index contributed by atoms with van der Waals surface area (Å²) in [5.41, 5.74) is 1.34. The van der Waals surface area contributed by atoms with Gasteiger partial charge in [0.25, 0.3) is 5.89 Å². The first kappa shape index (κ1) is 15.1. The van der Waals surface area contributed by atoms with Crippen LogP contribution in [0.5, 0.6) is 0 Å². The predicted molar refractivity (Wildman–Crippen MR) is 79.1 cm³/mol. The molecule has 1 fully saturated rings. The number of halogens is 3. The molecule has 4 nitrogen and oxygen atoms in total. The number of likely N-dealkylation sites (tertiary alicyclic amines) is 1. The van der Waals surface area contributed by atoms with Crippen molar-refractivity contribution in [1.82, 2.24) is 15.1 Å². The Morgan fingerprint density at radius 1 is 1.26 bits per heavy atom. The SMILES string of the molecule is FC(F)(F)[C@H]1CCN1Cc1nnc(-c2cc3c(s2)CCCC3)o1. The number of aromatic nitrogens is 2. The summed E-state index contributed by atoms with van der Waals surface area (Å²) in [6.07, 6.45) is 0.522. The van der Waals surface area contributed by atoms with Gasteiger partial charge in [-0.15, -0.1) is 21.5 Å². The summed E-state index contributed by atoms with van der Waals surface area (Å²) in [6, 6.07) is 0.699. The Morgan fingerprint density at radius 2 is 2.09 bits per heavy atom. The minimum Gasteiger partial charge on any atom is -0.419 e. The van der Waals surface area contributed by atoms with Crippen molar-refractivity contribution >= 4 is 11.3 Å². The van der Waals surface area contributed by atoms with Crippen LogP contribution in [0.3, 0.4) is 0 Å². The second-order valence-corrected chi connectivity index (χ2v) is 7.22. The second-order valence-electron chi connectivity index (χ2n) is 6.08. The number of aryl methyl sites for hydroxylation is 2. The van der Waals surface area contributed by atoms with Crippen molar-refractivity contribution in [1.29, 1.82) is 0 Å². The van der Waals surface area contributed by atoms with Gasteiger partial charge in [-0.2, -0.15) is 13.2 Å². The fourth-order valence-electron chi connectivity index (χ4n) is 3.19. The molecular formula is C15H16F3N3OS. The first-order chi connectivity index (χ1) is 11.0. The minimum absolute atomic E-state index is 0.0578. The van der Waals surface area contributed by atoms with Crippen LogP contribution in [0, 0.1) is 0 Å². The zero-order valence-corrected chi connectivity index (χ0v) is 13.2. The van der Waals surface area contributed by atoms with E-state index in [2.05, 4.69) is 16.3 Å². The fraction of sp³-hybridized carbons (Fsp3) is 0.600. The third-order valence-electron chi connectivity index (χ3n) is 4.52. The molecule has 3 heterocycles. The van der Waals surface area contributed by atoms with Crippen LogP contribution in [0.4, 0.5) is 13.2 Å². The van der Waals surface area contributed by atoms with Crippen LogP contribution in [0.25, 0.3) is 10.8 Å². The maximum absolute atomic E-state index is 12.7. The van der Waals surface area contributed by atoms with Crippen molar-refractivity contribution < 1.29 is 17.6 Å². The Bertz CT molecular complexity index is 686. The van der Waals surface area contributed by atoms with E-state index in [1.54, 1.807) is 11.3 Å². The molecule has 0 saturated carbocycles. The second kappa shape index (κ2) is 5.59. The molecular weight excluding hydrogens is 327 g/mol. The van der Waals surface area contributed by atoms with Crippen molar-refractivity contribution in [3.8, 4) is 10.8 Å². The lowest BCUT2D eigenvalue weighted by Gasteiger charge is -2.40. The van der Waals surface area contributed by atoms with Crippen molar-refractivity contribution in [2.45, 2.75) is 50.9 Å². The van der Waals surface area contributed by atoms with Gasteiger partial charge in [-0.1, -0.05) is 0 Å². The highest BCUT2D eigenvalue weighted by Crippen LogP contribution is 2.36. The largest absolute Gasteiger partial charge is 0.419 e. The molecule has 0 bridgehead atoms. The first-order valence-corrected chi connectivity index (χ1v) is 8.57. The fourth-order valence-corrected chi connectivity index (χ4v) is 4.36. The monoisotopic (exact) mass is 343 g/mol. The number of hydrogen-bond donors (Lipinski definition) is 0. The average Bonchev–Trinajstić information content (AvgIpc) is 3.08. The van der Waals surface area contributed by atoms with Crippen molar-refractivity contribution in [2.24, 2.45) is 0 Å². The van der Waals surface area contributed by atoms with Gasteiger partial charge in [-0.3, -0.25) is 4.90 Å². The average molecular weight is 343 g/mol. The zero-order chi connectivity index (χ0) is 16.0. The summed E-state index contributed by atoms with van der Waals surface area (Å²) in [5, 5.41) is 7.93. The summed E-state index contributed by atoms with van der Waals surface area (Å²) in [4.78, 5) is 3.62. The summed E-state index contributed by atoms with van der Waals surface area (Å²) < 4.78 is 43.8. The maximum Gasteiger partial charge on any atom is 0.404 e. The normalized spacial score (nSPS) is 22.0. The molecule has 0 aromatic carbocycles. The quantitative estimate of drug-likeness (QED) is 0.850. The van der Waals surface area contributed by atoms with Gasteiger partial charge in [0.2, 0.25) is 5.89 Å². The molecule has 0 spiro atoms. The van der Waals surface area contributed by atoms with Crippen LogP contribution in [-0.4, -0.2) is 33.9 Å². The number of rotatable bonds is 3. The van der Waals surface area contributed by atoms with Crippen LogP contribution in [0.15, 0.2) is 10.5 Å². The molecule has 2 aromatic heterocycles. The highest BCUT2D eigenvalue weighted by Gasteiger charge is 2.48. The van der Waals surface area contributed by atoms with Crippen LogP contribution in [0.1, 0.15) is 35.6 Å². The lowest BCUT2D eigenvalue weighted by Crippen LogP contribution is -2.55. The van der Waals surface area contributed by atoms with E-state index in [4.69, 9.17) is 4.42 Å². The molecule has 0 amide bonds. The van der Waals surface area contributed by atoms with Crippen LogP contribution >= 0.6 is 11.3 Å². The van der Waals surface area contributed by atoms with Gasteiger partial charge < -0.3 is 4.42 Å². The van der Waals surface area contributed by atoms with E-state index < -0.39 is 12.2 Å². The summed E-state index contributed by atoms with van der Waals surface area (Å²) >= 11 is 1.66. The van der Waals surface area contributed by atoms with Gasteiger partial charge in [0.15, 0.2) is 0 Å². The summed E-state index contributed by atoms with van der Waals surface area (Å²) in [5.74, 6) is 0.670. The Hall–Kier alpha value is -1.41. The standard InChI is InChI=1S/C15H16F3N3OS/c16-15(17,18)12-5-6-21(12)8-13-19-20-14(22-13)11-7-9-3-1-2-4-10(9)23-11/h7,12H,1-6,8H2/t12-/m1/s1. The third kappa shape index (κ3) is 2.89. The van der Waals surface area contributed by atoms with E-state index in [1.165, 1.54) is 28.2 Å². The molecule has 8 heteroatoms. The number of alkyl halides is 3. The Morgan fingerprint density at radius 3 is 2.78 bits per heavy atom. The summed E-state index contributed by atoms with van der Waals surface area (Å²) in [6.45, 7) is 0.470. The maximum atomic E-state index is 12.7. The number of thiophene rings is 1. The van der Waals surface area contributed by atoms with Gasteiger partial charge in [-0.05, 0) is 43.7 Å². The Labute approximate surface area is 135 Å². The van der Waals surface area contributed by atoms with Crippen LogP contribution in [0.2, 0.25) is 0 Å². The predicted octanol–water partition coefficient (Wildman–Crippen LogP) is 3.81. The van der Waals surface area contributed by atoms with E-state index >= 15 is 0 Å². The number of nitrogens with zero attached hydrogens (tertiary/aromatic N) is 3. The highest BCUT2D eigenvalue weighted by molar-refractivity contribution is 7.15. The van der Waals surface area contributed by atoms with Gasteiger partial charge in [0.05, 0.1) is 11.4 Å². The van der Waals surface area contributed by atoms with E-state index in [9.17, 15) is 13.2 Å². The molecule has 0 radical (unpaired) electrons. The first-order valence-electron chi connectivity index (χ1n) is 7.76. The van der Waals surface area contributed by atoms with Crippen molar-refractivity contribution in [3.63, 3.8) is 0 Å². The third-order valence-corrected chi connectivity index (χ3v) is 5.75. The molecule has 124 valence electrons. The lowest BCUT2D eigenvalue weighted by molar-refractivity contribution is -0.213. The molecule has 4 rings (SSSR count). The van der Waals surface area contributed by atoms with E-state index in [0.29, 0.717) is 12.4 Å². The topological polar surface area (TPSA) is 42.2 Å². The van der Waals surface area contributed by atoms with Gasteiger partial charge >= 0.3 is 6.18 Å². The molecule has 0 N–H and O–H groups in total. The minimum atomic E-state index is -4.19. The van der Waals surface area contributed by atoms with Gasteiger partial charge in [0.1, 0.15) is 6.04 Å². The Kier molecular flexibility index (Phi) is 3.68. The molecule has 0 unspecified atom stereocenters. The number of fused-ring (bicyclic) bond motifs is 1.